The second-order valence-electron chi connectivity index (χ2n) is 7.71. The van der Waals surface area contributed by atoms with Crippen molar-refractivity contribution in [2.45, 2.75) is 0 Å². The fourth-order valence-electron chi connectivity index (χ4n) is 3.99. The predicted octanol–water partition coefficient (Wildman–Crippen LogP) is 5.03. The van der Waals surface area contributed by atoms with E-state index >= 15 is 0 Å². The van der Waals surface area contributed by atoms with Gasteiger partial charge in [0, 0.05) is 28.6 Å². The van der Waals surface area contributed by atoms with E-state index in [1.54, 1.807) is 42.5 Å². The summed E-state index contributed by atoms with van der Waals surface area (Å²) in [5.74, 6) is 0.647. The summed E-state index contributed by atoms with van der Waals surface area (Å²) in [5, 5.41) is 11.8. The van der Waals surface area contributed by atoms with Crippen LogP contribution in [0.25, 0.3) is 28.1 Å². The first-order chi connectivity index (χ1) is 17.4. The molecule has 0 bridgehead atoms. The van der Waals surface area contributed by atoms with Crippen molar-refractivity contribution in [3.63, 3.8) is 0 Å². The molecule has 0 aliphatic rings. The molecule has 0 atom stereocenters. The minimum absolute atomic E-state index is 0.127. The summed E-state index contributed by atoms with van der Waals surface area (Å²) in [5.41, 5.74) is 0.975. The molecule has 9 nitrogen and oxygen atoms in total. The van der Waals surface area contributed by atoms with Gasteiger partial charge in [0.2, 0.25) is 5.75 Å². The van der Waals surface area contributed by atoms with Crippen LogP contribution < -0.4 is 19.8 Å². The van der Waals surface area contributed by atoms with Gasteiger partial charge in [-0.15, -0.1) is 0 Å². The second-order valence-corrected chi connectivity index (χ2v) is 7.71. The van der Waals surface area contributed by atoms with Crippen LogP contribution in [-0.4, -0.2) is 37.0 Å². The number of benzene rings is 3. The topological polar surface area (TPSA) is 121 Å². The molecule has 0 unspecified atom stereocenters. The molecular formula is C27H22N2O7. The van der Waals surface area contributed by atoms with E-state index < -0.39 is 16.3 Å². The van der Waals surface area contributed by atoms with Gasteiger partial charge < -0.3 is 19.2 Å². The van der Waals surface area contributed by atoms with Gasteiger partial charge in [-0.3, -0.25) is 19.7 Å². The maximum Gasteiger partial charge on any atom is 0.270 e. The molecule has 9 heteroatoms. The molecule has 0 aliphatic carbocycles. The summed E-state index contributed by atoms with van der Waals surface area (Å²) in [4.78, 5) is 40.0. The summed E-state index contributed by atoms with van der Waals surface area (Å²) in [6, 6.07) is 16.3. The van der Waals surface area contributed by atoms with Crippen LogP contribution in [0.2, 0.25) is 0 Å². The zero-order valence-corrected chi connectivity index (χ0v) is 19.7. The van der Waals surface area contributed by atoms with Crippen LogP contribution in [0.15, 0.2) is 71.5 Å². The van der Waals surface area contributed by atoms with Crippen molar-refractivity contribution in [1.29, 1.82) is 0 Å². The van der Waals surface area contributed by atoms with Crippen molar-refractivity contribution in [3.05, 3.63) is 98.3 Å². The number of carbonyl (C=O) groups is 1. The molecule has 0 radical (unpaired) electrons. The standard InChI is InChI=1S/C27H22N2O7/c1-34-22-13-16(14-23(35-2)26(22)36-3)9-12-21(30)25-24(17-7-5-4-6-8-17)19-15-18(29(32)33)10-11-20(19)28-27(25)31/h4-15H,1-3H3,(H,28,31)/b12-9+. The normalized spacial score (nSPS) is 11.0. The molecule has 1 heterocycles. The lowest BCUT2D eigenvalue weighted by Gasteiger charge is -2.13. The smallest absolute Gasteiger partial charge is 0.270 e. The maximum absolute atomic E-state index is 13.4. The van der Waals surface area contributed by atoms with E-state index in [1.165, 1.54) is 51.7 Å². The molecule has 3 aromatic carbocycles. The number of rotatable bonds is 8. The highest BCUT2D eigenvalue weighted by atomic mass is 16.6. The molecule has 4 aromatic rings. The van der Waals surface area contributed by atoms with Gasteiger partial charge in [-0.25, -0.2) is 0 Å². The number of H-pyrrole nitrogens is 1. The van der Waals surface area contributed by atoms with Gasteiger partial charge in [0.15, 0.2) is 17.3 Å². The molecule has 182 valence electrons. The van der Waals surface area contributed by atoms with Crippen molar-refractivity contribution in [2.24, 2.45) is 0 Å². The van der Waals surface area contributed by atoms with Gasteiger partial charge in [-0.1, -0.05) is 36.4 Å². The lowest BCUT2D eigenvalue weighted by Crippen LogP contribution is -2.18. The fourth-order valence-corrected chi connectivity index (χ4v) is 3.99. The van der Waals surface area contributed by atoms with Crippen LogP contribution in [-0.2, 0) is 0 Å². The molecule has 0 saturated carbocycles. The van der Waals surface area contributed by atoms with Crippen molar-refractivity contribution in [3.8, 4) is 28.4 Å². The number of ketones is 1. The number of nitro benzene ring substituents is 1. The van der Waals surface area contributed by atoms with Crippen LogP contribution in [0.1, 0.15) is 15.9 Å². The Morgan fingerprint density at radius 1 is 0.944 bits per heavy atom. The highest BCUT2D eigenvalue weighted by Crippen LogP contribution is 2.38. The van der Waals surface area contributed by atoms with Crippen molar-refractivity contribution >= 4 is 28.4 Å². The SMILES string of the molecule is COc1cc(/C=C/C(=O)c2c(-c3ccccc3)c3cc([N+](=O)[O-])ccc3[nH]c2=O)cc(OC)c1OC. The molecule has 1 aromatic heterocycles. The maximum atomic E-state index is 13.4. The molecule has 4 rings (SSSR count). The molecule has 0 aliphatic heterocycles. The van der Waals surface area contributed by atoms with Crippen LogP contribution >= 0.6 is 0 Å². The number of nitrogens with one attached hydrogen (secondary N) is 1. The van der Waals surface area contributed by atoms with Gasteiger partial charge in [0.05, 0.1) is 31.8 Å². The average molecular weight is 486 g/mol. The molecule has 0 fully saturated rings. The number of pyridine rings is 1. The minimum Gasteiger partial charge on any atom is -0.493 e. The van der Waals surface area contributed by atoms with Gasteiger partial charge >= 0.3 is 0 Å². The number of non-ortho nitro benzene ring substituents is 1. The summed E-state index contributed by atoms with van der Waals surface area (Å²) in [6.07, 6.45) is 2.79. The number of aromatic amines is 1. The Bertz CT molecular complexity index is 1530. The Morgan fingerprint density at radius 3 is 2.19 bits per heavy atom. The molecule has 0 amide bonds. The third-order valence-electron chi connectivity index (χ3n) is 5.63. The number of ether oxygens (including phenoxy) is 3. The Kier molecular flexibility index (Phi) is 6.82. The summed E-state index contributed by atoms with van der Waals surface area (Å²) in [7, 11) is 4.45. The van der Waals surface area contributed by atoms with Gasteiger partial charge in [-0.2, -0.15) is 0 Å². The first kappa shape index (κ1) is 24.2. The number of aromatic nitrogens is 1. The Hall–Kier alpha value is -4.92. The number of hydrogen-bond acceptors (Lipinski definition) is 7. The van der Waals surface area contributed by atoms with Crippen LogP contribution in [0, 0.1) is 10.1 Å². The van der Waals surface area contributed by atoms with E-state index in [0.717, 1.165) is 0 Å². The third kappa shape index (κ3) is 4.54. The van der Waals surface area contributed by atoms with E-state index in [2.05, 4.69) is 4.98 Å². The molecular weight excluding hydrogens is 464 g/mol. The summed E-state index contributed by atoms with van der Waals surface area (Å²) >= 11 is 0. The number of carbonyl (C=O) groups excluding carboxylic acids is 1. The van der Waals surface area contributed by atoms with E-state index in [9.17, 15) is 19.7 Å². The number of methoxy groups -OCH3 is 3. The van der Waals surface area contributed by atoms with E-state index in [-0.39, 0.29) is 11.3 Å². The molecule has 36 heavy (non-hydrogen) atoms. The first-order valence-corrected chi connectivity index (χ1v) is 10.8. The monoisotopic (exact) mass is 486 g/mol. The highest BCUT2D eigenvalue weighted by molar-refractivity contribution is 6.15. The van der Waals surface area contributed by atoms with Crippen LogP contribution in [0.4, 0.5) is 5.69 Å². The highest BCUT2D eigenvalue weighted by Gasteiger charge is 2.21. The third-order valence-corrected chi connectivity index (χ3v) is 5.63. The number of hydrogen-bond donors (Lipinski definition) is 1. The van der Waals surface area contributed by atoms with Crippen LogP contribution in [0.3, 0.4) is 0 Å². The molecule has 0 spiro atoms. The first-order valence-electron chi connectivity index (χ1n) is 10.8. The van der Waals surface area contributed by atoms with Crippen molar-refractivity contribution in [2.75, 3.05) is 21.3 Å². The lowest BCUT2D eigenvalue weighted by atomic mass is 9.93. The quantitative estimate of drug-likeness (QED) is 0.161. The summed E-state index contributed by atoms with van der Waals surface area (Å²) in [6.45, 7) is 0. The van der Waals surface area contributed by atoms with Gasteiger partial charge in [0.25, 0.3) is 11.2 Å². The zero-order chi connectivity index (χ0) is 25.8. The predicted molar refractivity (Wildman–Crippen MR) is 136 cm³/mol. The number of allylic oxidation sites excluding steroid dienone is 1. The zero-order valence-electron chi connectivity index (χ0n) is 19.7. The second kappa shape index (κ2) is 10.1. The largest absolute Gasteiger partial charge is 0.493 e. The van der Waals surface area contributed by atoms with Crippen LogP contribution in [0.5, 0.6) is 17.2 Å². The lowest BCUT2D eigenvalue weighted by molar-refractivity contribution is -0.384. The van der Waals surface area contributed by atoms with Gasteiger partial charge in [-0.05, 0) is 35.4 Å². The molecule has 0 saturated heterocycles. The van der Waals surface area contributed by atoms with Crippen molar-refractivity contribution < 1.29 is 23.9 Å². The molecule has 1 N–H and O–H groups in total. The Labute approximate surface area is 205 Å². The summed E-state index contributed by atoms with van der Waals surface area (Å²) < 4.78 is 16.0. The number of nitrogens with zero attached hydrogens (tertiary/aromatic N) is 1. The van der Waals surface area contributed by atoms with E-state index in [0.29, 0.717) is 44.8 Å². The Balaban J connectivity index is 1.89. The van der Waals surface area contributed by atoms with E-state index in [4.69, 9.17) is 14.2 Å². The minimum atomic E-state index is -0.602. The number of nitro groups is 1. The van der Waals surface area contributed by atoms with Crippen molar-refractivity contribution in [1.82, 2.24) is 4.98 Å². The fraction of sp³-hybridized carbons (Fsp3) is 0.111. The Morgan fingerprint density at radius 2 is 1.61 bits per heavy atom. The average Bonchev–Trinajstić information content (AvgIpc) is 2.90. The van der Waals surface area contributed by atoms with E-state index in [1.807, 2.05) is 0 Å². The number of fused-ring (bicyclic) bond motifs is 1. The van der Waals surface area contributed by atoms with Gasteiger partial charge in [0.1, 0.15) is 0 Å².